The fraction of sp³-hybridized carbons (Fsp3) is 0.625. The first-order valence-electron chi connectivity index (χ1n) is 8.60. The van der Waals surface area contributed by atoms with Crippen molar-refractivity contribution in [3.63, 3.8) is 0 Å². The average molecular weight is 436 g/mol. The average Bonchev–Trinajstić information content (AvgIpc) is 2.55. The van der Waals surface area contributed by atoms with Gasteiger partial charge in [-0.05, 0) is 12.8 Å². The fourth-order valence-corrected chi connectivity index (χ4v) is 2.29. The number of carbonyl (C=O) groups excluding carboxylic acids is 2. The summed E-state index contributed by atoms with van der Waals surface area (Å²) in [4.78, 5) is 66.4. The summed E-state index contributed by atoms with van der Waals surface area (Å²) in [5.41, 5.74) is -5.50. The SMILES string of the molecule is O=C(O)C[C@](O)(CC(=O)NCCCCNC(=O)C[C@@](O)(CC(=O)O)C(=O)O)C(=O)O. The maximum absolute atomic E-state index is 11.7. The molecule has 0 aromatic rings. The summed E-state index contributed by atoms with van der Waals surface area (Å²) in [7, 11) is 0. The number of aliphatic carboxylic acids is 4. The Labute approximate surface area is 169 Å². The standard InChI is InChI=1S/C16H24N2O12/c19-9(5-15(29,13(25)26)7-11(21)22)17-3-1-2-4-18-10(20)6-16(30,14(27)28)8-12(23)24/h29-30H,1-8H2,(H,17,19)(H,18,20)(H,21,22)(H,23,24)(H,25,26)(H,27,28)/t15-,16-/m1/s1. The molecule has 0 aliphatic rings. The van der Waals surface area contributed by atoms with E-state index in [1.807, 2.05) is 0 Å². The van der Waals surface area contributed by atoms with Gasteiger partial charge in [-0.1, -0.05) is 0 Å². The van der Waals surface area contributed by atoms with Gasteiger partial charge >= 0.3 is 23.9 Å². The van der Waals surface area contributed by atoms with Gasteiger partial charge in [-0.3, -0.25) is 19.2 Å². The van der Waals surface area contributed by atoms with Crippen LogP contribution in [0.15, 0.2) is 0 Å². The van der Waals surface area contributed by atoms with Gasteiger partial charge < -0.3 is 41.3 Å². The predicted octanol–water partition coefficient (Wildman–Crippen LogP) is -2.64. The van der Waals surface area contributed by atoms with Gasteiger partial charge in [-0.25, -0.2) is 9.59 Å². The third kappa shape index (κ3) is 9.79. The summed E-state index contributed by atoms with van der Waals surface area (Å²) >= 11 is 0. The van der Waals surface area contributed by atoms with Crippen LogP contribution in [0.3, 0.4) is 0 Å². The zero-order valence-corrected chi connectivity index (χ0v) is 15.8. The van der Waals surface area contributed by atoms with Gasteiger partial charge in [0.2, 0.25) is 11.8 Å². The molecule has 0 aromatic heterocycles. The fourth-order valence-electron chi connectivity index (χ4n) is 2.29. The second-order valence-corrected chi connectivity index (χ2v) is 6.58. The minimum atomic E-state index is -2.75. The molecule has 0 heterocycles. The molecule has 0 aliphatic carbocycles. The molecule has 0 fully saturated rings. The highest BCUT2D eigenvalue weighted by atomic mass is 16.4. The Kier molecular flexibility index (Phi) is 10.4. The maximum Gasteiger partial charge on any atom is 0.336 e. The van der Waals surface area contributed by atoms with Crippen LogP contribution in [0.1, 0.15) is 38.5 Å². The van der Waals surface area contributed by atoms with Crippen molar-refractivity contribution >= 4 is 35.7 Å². The second-order valence-electron chi connectivity index (χ2n) is 6.58. The number of amides is 2. The van der Waals surface area contributed by atoms with Crippen molar-refractivity contribution in [1.82, 2.24) is 10.6 Å². The number of aliphatic hydroxyl groups is 2. The number of hydrogen-bond donors (Lipinski definition) is 8. The number of carboxylic acid groups (broad SMARTS) is 4. The molecule has 0 rings (SSSR count). The molecule has 0 radical (unpaired) electrons. The van der Waals surface area contributed by atoms with E-state index in [1.54, 1.807) is 0 Å². The predicted molar refractivity (Wildman–Crippen MR) is 94.2 cm³/mol. The second kappa shape index (κ2) is 11.7. The van der Waals surface area contributed by atoms with Gasteiger partial charge in [0.25, 0.3) is 0 Å². The van der Waals surface area contributed by atoms with Crippen molar-refractivity contribution in [2.24, 2.45) is 0 Å². The molecule has 0 bridgehead atoms. The lowest BCUT2D eigenvalue weighted by Gasteiger charge is -2.21. The summed E-state index contributed by atoms with van der Waals surface area (Å²) in [6, 6.07) is 0. The Morgan fingerprint density at radius 2 is 0.867 bits per heavy atom. The lowest BCUT2D eigenvalue weighted by Crippen LogP contribution is -2.45. The zero-order valence-electron chi connectivity index (χ0n) is 15.8. The summed E-state index contributed by atoms with van der Waals surface area (Å²) in [5.74, 6) is -8.70. The first-order valence-corrected chi connectivity index (χ1v) is 8.60. The molecule has 8 N–H and O–H groups in total. The molecule has 0 saturated heterocycles. The number of unbranched alkanes of at least 4 members (excludes halogenated alkanes) is 1. The summed E-state index contributed by atoms with van der Waals surface area (Å²) < 4.78 is 0. The number of rotatable bonds is 15. The monoisotopic (exact) mass is 436 g/mol. The van der Waals surface area contributed by atoms with Gasteiger partial charge in [0, 0.05) is 13.1 Å². The molecule has 170 valence electrons. The Bertz CT molecular complexity index is 636. The summed E-state index contributed by atoms with van der Waals surface area (Å²) in [6.45, 7) is 0.0190. The Morgan fingerprint density at radius 1 is 0.567 bits per heavy atom. The zero-order chi connectivity index (χ0) is 23.5. The highest BCUT2D eigenvalue weighted by molar-refractivity contribution is 5.90. The first kappa shape index (κ1) is 26.7. The van der Waals surface area contributed by atoms with Crippen LogP contribution in [0.25, 0.3) is 0 Å². The van der Waals surface area contributed by atoms with Crippen LogP contribution < -0.4 is 10.6 Å². The molecule has 0 spiro atoms. The van der Waals surface area contributed by atoms with E-state index in [4.69, 9.17) is 20.4 Å². The lowest BCUT2D eigenvalue weighted by atomic mass is 9.95. The molecule has 2 amide bonds. The van der Waals surface area contributed by atoms with Crippen molar-refractivity contribution in [3.05, 3.63) is 0 Å². The van der Waals surface area contributed by atoms with Crippen LogP contribution in [0, 0.1) is 0 Å². The molecule has 0 unspecified atom stereocenters. The van der Waals surface area contributed by atoms with E-state index < -0.39 is 72.6 Å². The number of carboxylic acids is 4. The molecular weight excluding hydrogens is 412 g/mol. The van der Waals surface area contributed by atoms with E-state index >= 15 is 0 Å². The Morgan fingerprint density at radius 3 is 1.10 bits per heavy atom. The van der Waals surface area contributed by atoms with Crippen LogP contribution >= 0.6 is 0 Å². The van der Waals surface area contributed by atoms with Crippen LogP contribution in [0.4, 0.5) is 0 Å². The van der Waals surface area contributed by atoms with Gasteiger partial charge in [-0.2, -0.15) is 0 Å². The minimum absolute atomic E-state index is 0.00948. The van der Waals surface area contributed by atoms with Crippen LogP contribution in [-0.2, 0) is 28.8 Å². The molecular formula is C16H24N2O12. The quantitative estimate of drug-likeness (QED) is 0.123. The lowest BCUT2D eigenvalue weighted by molar-refractivity contribution is -0.167. The number of nitrogens with one attached hydrogen (secondary N) is 2. The smallest absolute Gasteiger partial charge is 0.336 e. The summed E-state index contributed by atoms with van der Waals surface area (Å²) in [6.07, 6.45) is -3.71. The Hall–Kier alpha value is -3.26. The van der Waals surface area contributed by atoms with E-state index in [0.29, 0.717) is 0 Å². The van der Waals surface area contributed by atoms with Crippen molar-refractivity contribution in [3.8, 4) is 0 Å². The van der Waals surface area contributed by atoms with Gasteiger partial charge in [-0.15, -0.1) is 0 Å². The maximum atomic E-state index is 11.7. The molecule has 0 saturated carbocycles. The molecule has 0 aromatic carbocycles. The largest absolute Gasteiger partial charge is 0.481 e. The highest BCUT2D eigenvalue weighted by Crippen LogP contribution is 2.17. The van der Waals surface area contributed by atoms with Crippen molar-refractivity contribution in [2.45, 2.75) is 49.7 Å². The molecule has 14 heteroatoms. The van der Waals surface area contributed by atoms with E-state index in [0.717, 1.165) is 0 Å². The topological polar surface area (TPSA) is 248 Å². The molecule has 30 heavy (non-hydrogen) atoms. The number of carbonyl (C=O) groups is 6. The van der Waals surface area contributed by atoms with Crippen LogP contribution in [0.2, 0.25) is 0 Å². The molecule has 2 atom stereocenters. The van der Waals surface area contributed by atoms with Crippen molar-refractivity contribution < 1.29 is 59.4 Å². The first-order chi connectivity index (χ1) is 13.7. The van der Waals surface area contributed by atoms with Gasteiger partial charge in [0.1, 0.15) is 0 Å². The van der Waals surface area contributed by atoms with E-state index in [1.165, 1.54) is 0 Å². The Balaban J connectivity index is 4.27. The third-order valence-corrected chi connectivity index (χ3v) is 3.84. The molecule has 0 aliphatic heterocycles. The molecule has 14 nitrogen and oxygen atoms in total. The minimum Gasteiger partial charge on any atom is -0.481 e. The highest BCUT2D eigenvalue weighted by Gasteiger charge is 2.41. The van der Waals surface area contributed by atoms with Gasteiger partial charge in [0.15, 0.2) is 11.2 Å². The van der Waals surface area contributed by atoms with Crippen LogP contribution in [0.5, 0.6) is 0 Å². The van der Waals surface area contributed by atoms with Crippen molar-refractivity contribution in [1.29, 1.82) is 0 Å². The van der Waals surface area contributed by atoms with E-state index in [2.05, 4.69) is 10.6 Å². The van der Waals surface area contributed by atoms with E-state index in [-0.39, 0.29) is 25.9 Å². The van der Waals surface area contributed by atoms with Crippen LogP contribution in [-0.4, -0.2) is 90.6 Å². The van der Waals surface area contributed by atoms with Crippen molar-refractivity contribution in [2.75, 3.05) is 13.1 Å². The summed E-state index contributed by atoms with van der Waals surface area (Å²) in [5, 5.41) is 59.0. The number of hydrogen-bond acceptors (Lipinski definition) is 8. The third-order valence-electron chi connectivity index (χ3n) is 3.84. The van der Waals surface area contributed by atoms with Gasteiger partial charge in [0.05, 0.1) is 25.7 Å². The normalized spacial score (nSPS) is 14.6. The van der Waals surface area contributed by atoms with E-state index in [9.17, 15) is 39.0 Å².